The fourth-order valence-electron chi connectivity index (χ4n) is 2.94. The van der Waals surface area contributed by atoms with Gasteiger partial charge in [0.15, 0.2) is 11.0 Å². The minimum atomic E-state index is -4.50. The number of esters is 1. The first-order chi connectivity index (χ1) is 14.8. The molecule has 1 unspecified atom stereocenters. The predicted octanol–water partition coefficient (Wildman–Crippen LogP) is 5.17. The number of nitrogens with zero attached hydrogens (tertiary/aromatic N) is 4. The number of halogens is 3. The van der Waals surface area contributed by atoms with E-state index in [2.05, 4.69) is 15.2 Å². The second kappa shape index (κ2) is 9.95. The van der Waals surface area contributed by atoms with Crippen LogP contribution in [-0.2, 0) is 15.7 Å². The zero-order valence-electron chi connectivity index (χ0n) is 17.0. The van der Waals surface area contributed by atoms with Gasteiger partial charge in [-0.05, 0) is 43.7 Å². The van der Waals surface area contributed by atoms with Gasteiger partial charge in [0, 0.05) is 18.0 Å². The van der Waals surface area contributed by atoms with Crippen LogP contribution in [0.4, 0.5) is 13.2 Å². The molecule has 1 aromatic carbocycles. The van der Waals surface area contributed by atoms with E-state index in [-0.39, 0.29) is 12.3 Å². The molecule has 3 aromatic rings. The summed E-state index contributed by atoms with van der Waals surface area (Å²) in [5, 5.41) is 8.15. The quantitative estimate of drug-likeness (QED) is 0.348. The van der Waals surface area contributed by atoms with Crippen molar-refractivity contribution in [1.29, 1.82) is 0 Å². The fourth-order valence-corrected chi connectivity index (χ4v) is 4.10. The largest absolute Gasteiger partial charge is 0.465 e. The van der Waals surface area contributed by atoms with Crippen molar-refractivity contribution in [2.24, 2.45) is 0 Å². The van der Waals surface area contributed by atoms with Crippen LogP contribution in [0.25, 0.3) is 17.1 Å². The maximum Gasteiger partial charge on any atom is 0.416 e. The van der Waals surface area contributed by atoms with Crippen molar-refractivity contribution in [1.82, 2.24) is 19.7 Å². The summed E-state index contributed by atoms with van der Waals surface area (Å²) >= 11 is 1.13. The molecule has 164 valence electrons. The van der Waals surface area contributed by atoms with Gasteiger partial charge >= 0.3 is 12.1 Å². The second-order valence-corrected chi connectivity index (χ2v) is 7.74. The summed E-state index contributed by atoms with van der Waals surface area (Å²) in [6.45, 7) is 3.90. The second-order valence-electron chi connectivity index (χ2n) is 6.57. The molecule has 0 bridgehead atoms. The van der Waals surface area contributed by atoms with Crippen LogP contribution in [0, 0.1) is 0 Å². The maximum atomic E-state index is 13.3. The van der Waals surface area contributed by atoms with Crippen molar-refractivity contribution in [3.63, 3.8) is 0 Å². The van der Waals surface area contributed by atoms with Gasteiger partial charge in [-0.15, -0.1) is 10.2 Å². The van der Waals surface area contributed by atoms with Gasteiger partial charge in [-0.2, -0.15) is 13.2 Å². The molecule has 3 rings (SSSR count). The van der Waals surface area contributed by atoms with Gasteiger partial charge in [0.1, 0.15) is 5.25 Å². The highest BCUT2D eigenvalue weighted by Gasteiger charge is 2.31. The molecule has 0 aliphatic heterocycles. The monoisotopic (exact) mass is 450 g/mol. The van der Waals surface area contributed by atoms with Gasteiger partial charge < -0.3 is 4.74 Å². The summed E-state index contributed by atoms with van der Waals surface area (Å²) in [7, 11) is 0. The minimum Gasteiger partial charge on any atom is -0.465 e. The molecule has 2 aromatic heterocycles. The van der Waals surface area contributed by atoms with Crippen molar-refractivity contribution < 1.29 is 22.7 Å². The minimum absolute atomic E-state index is 0.238. The number of ether oxygens (including phenoxy) is 1. The summed E-state index contributed by atoms with van der Waals surface area (Å²) in [4.78, 5) is 16.4. The first-order valence-electron chi connectivity index (χ1n) is 9.71. The molecular weight excluding hydrogens is 429 g/mol. The number of benzene rings is 1. The number of rotatable bonds is 8. The molecule has 0 amide bonds. The molecule has 0 spiro atoms. The molecule has 0 radical (unpaired) electrons. The number of carbonyl (C=O) groups is 1. The predicted molar refractivity (Wildman–Crippen MR) is 111 cm³/mol. The van der Waals surface area contributed by atoms with Crippen molar-refractivity contribution in [2.45, 2.75) is 43.3 Å². The highest BCUT2D eigenvalue weighted by atomic mass is 32.2. The number of thioether (sulfide) groups is 1. The first kappa shape index (κ1) is 22.8. The molecule has 6 nitrogen and oxygen atoms in total. The third-order valence-corrected chi connectivity index (χ3v) is 5.54. The third kappa shape index (κ3) is 5.43. The summed E-state index contributed by atoms with van der Waals surface area (Å²) in [6, 6.07) is 8.31. The van der Waals surface area contributed by atoms with E-state index in [1.165, 1.54) is 10.6 Å². The van der Waals surface area contributed by atoms with Crippen LogP contribution in [0.3, 0.4) is 0 Å². The van der Waals surface area contributed by atoms with Gasteiger partial charge in [-0.1, -0.05) is 31.2 Å². The lowest BCUT2D eigenvalue weighted by Crippen LogP contribution is -2.21. The average molecular weight is 450 g/mol. The number of aromatic nitrogens is 4. The number of pyridine rings is 1. The Morgan fingerprint density at radius 2 is 1.90 bits per heavy atom. The van der Waals surface area contributed by atoms with Gasteiger partial charge in [-0.3, -0.25) is 14.3 Å². The number of hydrogen-bond acceptors (Lipinski definition) is 6. The van der Waals surface area contributed by atoms with Crippen molar-refractivity contribution in [3.8, 4) is 17.1 Å². The molecule has 0 aliphatic rings. The van der Waals surface area contributed by atoms with Crippen LogP contribution in [0.2, 0.25) is 0 Å². The zero-order chi connectivity index (χ0) is 22.4. The number of hydrogen-bond donors (Lipinski definition) is 0. The van der Waals surface area contributed by atoms with E-state index in [1.807, 2.05) is 6.92 Å². The molecule has 0 aliphatic carbocycles. The summed E-state index contributed by atoms with van der Waals surface area (Å²) in [5.74, 6) is -0.0401. The van der Waals surface area contributed by atoms with Gasteiger partial charge in [0.25, 0.3) is 0 Å². The molecule has 31 heavy (non-hydrogen) atoms. The highest BCUT2D eigenvalue weighted by molar-refractivity contribution is 8.00. The normalized spacial score (nSPS) is 12.5. The average Bonchev–Trinajstić information content (AvgIpc) is 3.17. The van der Waals surface area contributed by atoms with E-state index in [9.17, 15) is 18.0 Å². The van der Waals surface area contributed by atoms with Crippen LogP contribution < -0.4 is 0 Å². The first-order valence-corrected chi connectivity index (χ1v) is 10.6. The lowest BCUT2D eigenvalue weighted by atomic mass is 10.2. The number of carbonyl (C=O) groups excluding carboxylic acids is 1. The van der Waals surface area contributed by atoms with Gasteiger partial charge in [-0.25, -0.2) is 0 Å². The molecule has 2 heterocycles. The summed E-state index contributed by atoms with van der Waals surface area (Å²) in [6.07, 6.45) is -0.115. The van der Waals surface area contributed by atoms with E-state index < -0.39 is 23.0 Å². The Morgan fingerprint density at radius 1 is 1.16 bits per heavy atom. The van der Waals surface area contributed by atoms with Crippen LogP contribution in [0.1, 0.15) is 32.3 Å². The standard InChI is InChI=1S/C21H21F3N4O2S/c1-3-6-17(19(29)30-4-2)31-20-27-26-18(14-9-11-25-12-10-14)28(20)16-8-5-7-15(13-16)21(22,23)24/h5,7-13,17H,3-4,6H2,1-2H3. The molecule has 0 fully saturated rings. The highest BCUT2D eigenvalue weighted by Crippen LogP contribution is 2.35. The molecule has 10 heteroatoms. The molecule has 1 atom stereocenters. The van der Waals surface area contributed by atoms with Crippen LogP contribution in [-0.4, -0.2) is 37.6 Å². The van der Waals surface area contributed by atoms with Gasteiger partial charge in [0.05, 0.1) is 17.9 Å². The Balaban J connectivity index is 2.11. The Hall–Kier alpha value is -2.88. The van der Waals surface area contributed by atoms with Crippen molar-refractivity contribution in [2.75, 3.05) is 6.61 Å². The summed E-state index contributed by atoms with van der Waals surface area (Å²) < 4.78 is 46.6. The Kier molecular flexibility index (Phi) is 7.32. The van der Waals surface area contributed by atoms with E-state index in [0.717, 1.165) is 30.3 Å². The van der Waals surface area contributed by atoms with Crippen molar-refractivity contribution in [3.05, 3.63) is 54.4 Å². The number of alkyl halides is 3. The summed E-state index contributed by atoms with van der Waals surface area (Å²) in [5.41, 5.74) is 0.0917. The lowest BCUT2D eigenvalue weighted by Gasteiger charge is -2.16. The molecule has 0 saturated heterocycles. The van der Waals surface area contributed by atoms with Crippen molar-refractivity contribution >= 4 is 17.7 Å². The topological polar surface area (TPSA) is 69.9 Å². The van der Waals surface area contributed by atoms with Crippen LogP contribution in [0.15, 0.2) is 53.9 Å². The van der Waals surface area contributed by atoms with E-state index in [1.54, 1.807) is 37.5 Å². The van der Waals surface area contributed by atoms with E-state index in [4.69, 9.17) is 4.74 Å². The molecule has 0 saturated carbocycles. The van der Waals surface area contributed by atoms with Gasteiger partial charge in [0.2, 0.25) is 0 Å². The fraction of sp³-hybridized carbons (Fsp3) is 0.333. The van der Waals surface area contributed by atoms with Crippen LogP contribution in [0.5, 0.6) is 0 Å². The smallest absolute Gasteiger partial charge is 0.416 e. The van der Waals surface area contributed by atoms with E-state index in [0.29, 0.717) is 23.0 Å². The maximum absolute atomic E-state index is 13.3. The lowest BCUT2D eigenvalue weighted by molar-refractivity contribution is -0.142. The third-order valence-electron chi connectivity index (χ3n) is 4.35. The Bertz CT molecular complexity index is 1020. The zero-order valence-corrected chi connectivity index (χ0v) is 17.8. The molecular formula is C21H21F3N4O2S. The van der Waals surface area contributed by atoms with Crippen LogP contribution >= 0.6 is 11.8 Å². The van der Waals surface area contributed by atoms with E-state index >= 15 is 0 Å². The molecule has 0 N–H and O–H groups in total. The Labute approximate surface area is 181 Å². The SMILES string of the molecule is CCCC(Sc1nnc(-c2ccncc2)n1-c1cccc(C(F)(F)F)c1)C(=O)OCC. The Morgan fingerprint density at radius 3 is 2.55 bits per heavy atom.